The van der Waals surface area contributed by atoms with Crippen molar-refractivity contribution in [1.82, 2.24) is 4.90 Å². The Morgan fingerprint density at radius 1 is 1.24 bits per heavy atom. The fourth-order valence-corrected chi connectivity index (χ4v) is 2.24. The number of nitrogens with zero attached hydrogens (tertiary/aromatic N) is 1. The molecule has 4 nitrogen and oxygen atoms in total. The summed E-state index contributed by atoms with van der Waals surface area (Å²) >= 11 is 3.45. The fourth-order valence-electron chi connectivity index (χ4n) is 1.87. The predicted octanol–water partition coefficient (Wildman–Crippen LogP) is 3.80. The molecular weight excluding hydrogens is 332 g/mol. The van der Waals surface area contributed by atoms with Crippen molar-refractivity contribution in [2.75, 3.05) is 12.8 Å². The first-order valence-corrected chi connectivity index (χ1v) is 7.31. The molecule has 2 aromatic carbocycles. The molecule has 0 aliphatic heterocycles. The minimum Gasteiger partial charge on any atom is -0.445 e. The smallest absolute Gasteiger partial charge is 0.410 e. The van der Waals surface area contributed by atoms with Crippen molar-refractivity contribution < 1.29 is 9.53 Å². The maximum atomic E-state index is 12.0. The Kier molecular flexibility index (Phi) is 5.22. The Balaban J connectivity index is 1.92. The third kappa shape index (κ3) is 4.49. The van der Waals surface area contributed by atoms with E-state index in [1.165, 1.54) is 4.90 Å². The molecule has 2 aromatic rings. The highest BCUT2D eigenvalue weighted by Crippen LogP contribution is 2.21. The van der Waals surface area contributed by atoms with Gasteiger partial charge in [-0.3, -0.25) is 0 Å². The van der Waals surface area contributed by atoms with Crippen LogP contribution in [0.25, 0.3) is 0 Å². The molecule has 110 valence electrons. The van der Waals surface area contributed by atoms with E-state index < -0.39 is 0 Å². The highest BCUT2D eigenvalue weighted by Gasteiger charge is 2.12. The molecule has 0 unspecified atom stereocenters. The third-order valence-corrected chi connectivity index (χ3v) is 3.77. The van der Waals surface area contributed by atoms with Crippen LogP contribution in [0.5, 0.6) is 0 Å². The number of ether oxygens (including phenoxy) is 1. The summed E-state index contributed by atoms with van der Waals surface area (Å²) in [6, 6.07) is 15.1. The second-order valence-electron chi connectivity index (χ2n) is 4.75. The Morgan fingerprint density at radius 2 is 1.95 bits per heavy atom. The van der Waals surface area contributed by atoms with Crippen LogP contribution in [0.2, 0.25) is 0 Å². The van der Waals surface area contributed by atoms with Gasteiger partial charge < -0.3 is 15.4 Å². The second-order valence-corrected chi connectivity index (χ2v) is 5.60. The Labute approximate surface area is 132 Å². The number of nitrogens with two attached hydrogens (primary N) is 1. The summed E-state index contributed by atoms with van der Waals surface area (Å²) in [7, 11) is 1.70. The zero-order chi connectivity index (χ0) is 15.2. The lowest BCUT2D eigenvalue weighted by Crippen LogP contribution is -2.27. The monoisotopic (exact) mass is 348 g/mol. The van der Waals surface area contributed by atoms with E-state index in [4.69, 9.17) is 10.5 Å². The summed E-state index contributed by atoms with van der Waals surface area (Å²) in [5, 5.41) is 0. The highest BCUT2D eigenvalue weighted by molar-refractivity contribution is 9.10. The average molecular weight is 349 g/mol. The van der Waals surface area contributed by atoms with Gasteiger partial charge in [-0.25, -0.2) is 4.79 Å². The summed E-state index contributed by atoms with van der Waals surface area (Å²) in [5.41, 5.74) is 8.33. The third-order valence-electron chi connectivity index (χ3n) is 2.99. The molecule has 0 aliphatic carbocycles. The van der Waals surface area contributed by atoms with Crippen LogP contribution in [0, 0.1) is 0 Å². The van der Waals surface area contributed by atoms with E-state index in [1.54, 1.807) is 13.1 Å². The zero-order valence-corrected chi connectivity index (χ0v) is 13.3. The minimum atomic E-state index is -0.367. The predicted molar refractivity (Wildman–Crippen MR) is 86.6 cm³/mol. The summed E-state index contributed by atoms with van der Waals surface area (Å²) in [6.07, 6.45) is -0.367. The van der Waals surface area contributed by atoms with Crippen molar-refractivity contribution >= 4 is 27.7 Å². The topological polar surface area (TPSA) is 55.6 Å². The largest absolute Gasteiger partial charge is 0.445 e. The molecule has 21 heavy (non-hydrogen) atoms. The van der Waals surface area contributed by atoms with Crippen LogP contribution in [0.3, 0.4) is 0 Å². The van der Waals surface area contributed by atoms with Crippen LogP contribution in [-0.4, -0.2) is 18.0 Å². The van der Waals surface area contributed by atoms with Gasteiger partial charge in [-0.2, -0.15) is 0 Å². The lowest BCUT2D eigenvalue weighted by atomic mass is 10.2. The van der Waals surface area contributed by atoms with Gasteiger partial charge in [0, 0.05) is 23.8 Å². The normalized spacial score (nSPS) is 10.2. The number of rotatable bonds is 4. The van der Waals surface area contributed by atoms with Crippen LogP contribution < -0.4 is 5.73 Å². The van der Waals surface area contributed by atoms with Gasteiger partial charge in [0.2, 0.25) is 0 Å². The van der Waals surface area contributed by atoms with Crippen LogP contribution in [0.15, 0.2) is 53.0 Å². The SMILES string of the molecule is CN(Cc1cc(N)ccc1Br)C(=O)OCc1ccccc1. The first-order valence-electron chi connectivity index (χ1n) is 6.52. The minimum absolute atomic E-state index is 0.266. The number of hydrogen-bond donors (Lipinski definition) is 1. The molecule has 0 saturated carbocycles. The molecule has 0 radical (unpaired) electrons. The lowest BCUT2D eigenvalue weighted by Gasteiger charge is -2.18. The summed E-state index contributed by atoms with van der Waals surface area (Å²) in [4.78, 5) is 13.5. The number of amides is 1. The Morgan fingerprint density at radius 3 is 2.67 bits per heavy atom. The fraction of sp³-hybridized carbons (Fsp3) is 0.188. The first-order chi connectivity index (χ1) is 10.1. The summed E-state index contributed by atoms with van der Waals surface area (Å²) in [5.74, 6) is 0. The zero-order valence-electron chi connectivity index (χ0n) is 11.8. The van der Waals surface area contributed by atoms with E-state index in [9.17, 15) is 4.79 Å². The van der Waals surface area contributed by atoms with Crippen molar-refractivity contribution in [1.29, 1.82) is 0 Å². The van der Waals surface area contributed by atoms with Crippen LogP contribution in [0.4, 0.5) is 10.5 Å². The molecule has 2 rings (SSSR count). The van der Waals surface area contributed by atoms with Crippen LogP contribution >= 0.6 is 15.9 Å². The van der Waals surface area contributed by atoms with Gasteiger partial charge in [0.05, 0.1) is 0 Å². The molecule has 2 N–H and O–H groups in total. The quantitative estimate of drug-likeness (QED) is 0.855. The van der Waals surface area contributed by atoms with Gasteiger partial charge in [-0.15, -0.1) is 0 Å². The summed E-state index contributed by atoms with van der Waals surface area (Å²) < 4.78 is 6.19. The van der Waals surface area contributed by atoms with Gasteiger partial charge in [0.25, 0.3) is 0 Å². The summed E-state index contributed by atoms with van der Waals surface area (Å²) in [6.45, 7) is 0.696. The molecule has 0 aliphatic rings. The van der Waals surface area contributed by atoms with E-state index in [2.05, 4.69) is 15.9 Å². The van der Waals surface area contributed by atoms with Crippen molar-refractivity contribution in [3.8, 4) is 0 Å². The number of carbonyl (C=O) groups excluding carboxylic acids is 1. The average Bonchev–Trinajstić information content (AvgIpc) is 2.49. The van der Waals surface area contributed by atoms with E-state index in [0.29, 0.717) is 12.2 Å². The van der Waals surface area contributed by atoms with Gasteiger partial charge in [0.15, 0.2) is 0 Å². The molecule has 0 bridgehead atoms. The van der Waals surface area contributed by atoms with Gasteiger partial charge in [-0.05, 0) is 29.3 Å². The number of anilines is 1. The number of halogens is 1. The number of nitrogen functional groups attached to an aromatic ring is 1. The second kappa shape index (κ2) is 7.13. The first kappa shape index (κ1) is 15.4. The van der Waals surface area contributed by atoms with E-state index in [-0.39, 0.29) is 12.7 Å². The maximum Gasteiger partial charge on any atom is 0.410 e. The van der Waals surface area contributed by atoms with E-state index >= 15 is 0 Å². The standard InChI is InChI=1S/C16H17BrN2O2/c1-19(10-13-9-14(18)7-8-15(13)17)16(20)21-11-12-5-3-2-4-6-12/h2-9H,10-11,18H2,1H3. The van der Waals surface area contributed by atoms with E-state index in [0.717, 1.165) is 15.6 Å². The molecule has 1 amide bonds. The highest BCUT2D eigenvalue weighted by atomic mass is 79.9. The molecule has 0 spiro atoms. The van der Waals surface area contributed by atoms with Gasteiger partial charge in [0.1, 0.15) is 6.61 Å². The molecule has 0 atom stereocenters. The number of hydrogen-bond acceptors (Lipinski definition) is 3. The van der Waals surface area contributed by atoms with Gasteiger partial charge in [-0.1, -0.05) is 46.3 Å². The van der Waals surface area contributed by atoms with Crippen molar-refractivity contribution in [2.24, 2.45) is 0 Å². The number of carbonyl (C=O) groups is 1. The molecule has 0 aromatic heterocycles. The van der Waals surface area contributed by atoms with Crippen LogP contribution in [-0.2, 0) is 17.9 Å². The maximum absolute atomic E-state index is 12.0. The van der Waals surface area contributed by atoms with Crippen molar-refractivity contribution in [3.05, 3.63) is 64.1 Å². The molecule has 0 fully saturated rings. The molecule has 5 heteroatoms. The Hall–Kier alpha value is -2.01. The molecule has 0 saturated heterocycles. The van der Waals surface area contributed by atoms with Gasteiger partial charge >= 0.3 is 6.09 Å². The van der Waals surface area contributed by atoms with Crippen molar-refractivity contribution in [2.45, 2.75) is 13.2 Å². The molecule has 0 heterocycles. The van der Waals surface area contributed by atoms with Crippen LogP contribution in [0.1, 0.15) is 11.1 Å². The molecular formula is C16H17BrN2O2. The lowest BCUT2D eigenvalue weighted by molar-refractivity contribution is 0.103. The Bertz CT molecular complexity index is 617. The van der Waals surface area contributed by atoms with Crippen molar-refractivity contribution in [3.63, 3.8) is 0 Å². The number of benzene rings is 2. The van der Waals surface area contributed by atoms with E-state index in [1.807, 2.05) is 42.5 Å².